The molecule has 2 aromatic rings. The third-order valence-corrected chi connectivity index (χ3v) is 4.73. The van der Waals surface area contributed by atoms with Crippen LogP contribution in [0.25, 0.3) is 0 Å². The summed E-state index contributed by atoms with van der Waals surface area (Å²) in [6, 6.07) is 8.96. The maximum Gasteiger partial charge on any atom is 0.283 e. The zero-order valence-corrected chi connectivity index (χ0v) is 13.1. The number of anilines is 1. The summed E-state index contributed by atoms with van der Waals surface area (Å²) in [6.45, 7) is 2.01. The van der Waals surface area contributed by atoms with Crippen molar-refractivity contribution in [3.8, 4) is 0 Å². The Morgan fingerprint density at radius 1 is 1.30 bits per heavy atom. The van der Waals surface area contributed by atoms with Crippen LogP contribution in [0.2, 0.25) is 0 Å². The van der Waals surface area contributed by atoms with Crippen molar-refractivity contribution in [2.24, 2.45) is 0 Å². The number of rotatable bonds is 3. The number of halogens is 1. The lowest BCUT2D eigenvalue weighted by Crippen LogP contribution is -2.25. The second-order valence-electron chi connectivity index (χ2n) is 5.18. The van der Waals surface area contributed by atoms with Crippen molar-refractivity contribution in [1.82, 2.24) is 0 Å². The molecule has 0 spiro atoms. The van der Waals surface area contributed by atoms with E-state index in [2.05, 4.69) is 0 Å². The van der Waals surface area contributed by atoms with E-state index in [1.54, 1.807) is 23.1 Å². The van der Waals surface area contributed by atoms with Crippen molar-refractivity contribution in [3.63, 3.8) is 0 Å². The van der Waals surface area contributed by atoms with Crippen LogP contribution in [0.5, 0.6) is 0 Å². The number of amides is 1. The van der Waals surface area contributed by atoms with Gasteiger partial charge in [0.25, 0.3) is 5.69 Å². The Kier molecular flexibility index (Phi) is 4.04. The number of carbonyl (C=O) groups is 1. The molecule has 2 aromatic carbocycles. The molecule has 0 bridgehead atoms. The summed E-state index contributed by atoms with van der Waals surface area (Å²) >= 11 is 1.18. The first kappa shape index (κ1) is 15.5. The fourth-order valence-corrected chi connectivity index (χ4v) is 3.52. The van der Waals surface area contributed by atoms with Crippen molar-refractivity contribution in [3.05, 3.63) is 57.9 Å². The minimum atomic E-state index is -0.428. The van der Waals surface area contributed by atoms with Crippen LogP contribution in [0.15, 0.2) is 46.2 Å². The molecule has 0 unspecified atom stereocenters. The Balaban J connectivity index is 2.04. The molecule has 3 rings (SSSR count). The van der Waals surface area contributed by atoms with Crippen LogP contribution in [0.4, 0.5) is 15.8 Å². The number of nitro groups is 1. The molecule has 1 amide bonds. The average Bonchev–Trinajstić information content (AvgIpc) is 2.91. The first-order valence-corrected chi connectivity index (χ1v) is 7.80. The molecule has 0 fully saturated rings. The van der Waals surface area contributed by atoms with Gasteiger partial charge in [-0.25, -0.2) is 4.39 Å². The van der Waals surface area contributed by atoms with E-state index in [4.69, 9.17) is 0 Å². The van der Waals surface area contributed by atoms with E-state index in [0.717, 1.165) is 5.56 Å². The zero-order valence-electron chi connectivity index (χ0n) is 12.3. The monoisotopic (exact) mass is 332 g/mol. The predicted octanol–water partition coefficient (Wildman–Crippen LogP) is 3.79. The largest absolute Gasteiger partial charge is 0.312 e. The molecule has 0 atom stereocenters. The highest BCUT2D eigenvalue weighted by Gasteiger charge is 2.27. The highest BCUT2D eigenvalue weighted by molar-refractivity contribution is 7.99. The SMILES string of the molecule is CC(=O)N1CCc2cc([N+](=O)[O-])c(Sc3ccc(F)cc3)cc21. The fourth-order valence-electron chi connectivity index (χ4n) is 2.59. The first-order chi connectivity index (χ1) is 11.0. The molecule has 1 aliphatic heterocycles. The second kappa shape index (κ2) is 6.00. The van der Waals surface area contributed by atoms with Crippen LogP contribution in [-0.2, 0) is 11.2 Å². The Labute approximate surface area is 136 Å². The van der Waals surface area contributed by atoms with Crippen LogP contribution in [0.1, 0.15) is 12.5 Å². The van der Waals surface area contributed by atoms with Crippen molar-refractivity contribution in [2.75, 3.05) is 11.4 Å². The predicted molar refractivity (Wildman–Crippen MR) is 85.4 cm³/mol. The Morgan fingerprint density at radius 3 is 2.61 bits per heavy atom. The minimum Gasteiger partial charge on any atom is -0.312 e. The van der Waals surface area contributed by atoms with Gasteiger partial charge < -0.3 is 4.90 Å². The van der Waals surface area contributed by atoms with Gasteiger partial charge >= 0.3 is 0 Å². The zero-order chi connectivity index (χ0) is 16.6. The van der Waals surface area contributed by atoms with Gasteiger partial charge in [-0.3, -0.25) is 14.9 Å². The first-order valence-electron chi connectivity index (χ1n) is 6.98. The Morgan fingerprint density at radius 2 is 2.00 bits per heavy atom. The molecule has 0 saturated carbocycles. The number of nitrogens with zero attached hydrogens (tertiary/aromatic N) is 2. The molecule has 0 radical (unpaired) electrons. The van der Waals surface area contributed by atoms with Gasteiger partial charge in [0.2, 0.25) is 5.91 Å². The van der Waals surface area contributed by atoms with Crippen molar-refractivity contribution < 1.29 is 14.1 Å². The highest BCUT2D eigenvalue weighted by atomic mass is 32.2. The number of fused-ring (bicyclic) bond motifs is 1. The van der Waals surface area contributed by atoms with Gasteiger partial charge in [0.15, 0.2) is 0 Å². The van der Waals surface area contributed by atoms with E-state index < -0.39 is 4.92 Å². The van der Waals surface area contributed by atoms with Crippen molar-refractivity contribution in [2.45, 2.75) is 23.1 Å². The average molecular weight is 332 g/mol. The topological polar surface area (TPSA) is 63.5 Å². The van der Waals surface area contributed by atoms with Crippen molar-refractivity contribution in [1.29, 1.82) is 0 Å². The van der Waals surface area contributed by atoms with Gasteiger partial charge in [0.05, 0.1) is 9.82 Å². The summed E-state index contributed by atoms with van der Waals surface area (Å²) in [5, 5.41) is 11.3. The minimum absolute atomic E-state index is 0.00322. The summed E-state index contributed by atoms with van der Waals surface area (Å²) in [5.74, 6) is -0.448. The molecule has 118 valence electrons. The molecule has 23 heavy (non-hydrogen) atoms. The normalized spacial score (nSPS) is 13.0. The molecule has 7 heteroatoms. The number of hydrogen-bond donors (Lipinski definition) is 0. The number of benzene rings is 2. The molecule has 0 aliphatic carbocycles. The van der Waals surface area contributed by atoms with Crippen LogP contribution < -0.4 is 4.90 Å². The standard InChI is InChI=1S/C16H13FN2O3S/c1-10(20)18-7-6-11-8-15(19(21)22)16(9-14(11)18)23-13-4-2-12(17)3-5-13/h2-5,8-9H,6-7H2,1H3. The second-order valence-corrected chi connectivity index (χ2v) is 6.30. The third-order valence-electron chi connectivity index (χ3n) is 3.67. The van der Waals surface area contributed by atoms with Crippen molar-refractivity contribution >= 4 is 29.0 Å². The van der Waals surface area contributed by atoms with Crippen LogP contribution in [-0.4, -0.2) is 17.4 Å². The molecule has 0 aromatic heterocycles. The number of nitro benzene ring substituents is 1. The summed E-state index contributed by atoms with van der Waals surface area (Å²) in [6.07, 6.45) is 0.608. The fraction of sp³-hybridized carbons (Fsp3) is 0.188. The third kappa shape index (κ3) is 3.05. The van der Waals surface area contributed by atoms with Gasteiger partial charge in [-0.05, 0) is 42.3 Å². The lowest BCUT2D eigenvalue weighted by molar-refractivity contribution is -0.387. The molecular formula is C16H13FN2O3S. The highest BCUT2D eigenvalue weighted by Crippen LogP contribution is 2.41. The molecule has 1 heterocycles. The molecule has 0 saturated heterocycles. The Bertz CT molecular complexity index is 793. The lowest BCUT2D eigenvalue weighted by Gasteiger charge is -2.15. The van der Waals surface area contributed by atoms with E-state index in [1.165, 1.54) is 36.9 Å². The van der Waals surface area contributed by atoms with Crippen LogP contribution >= 0.6 is 11.8 Å². The van der Waals surface area contributed by atoms with Crippen LogP contribution in [0, 0.1) is 15.9 Å². The van der Waals surface area contributed by atoms with Gasteiger partial charge in [0, 0.05) is 30.1 Å². The van der Waals surface area contributed by atoms with Gasteiger partial charge in [0.1, 0.15) is 5.82 Å². The maximum absolute atomic E-state index is 13.0. The quantitative estimate of drug-likeness (QED) is 0.633. The van der Waals surface area contributed by atoms with E-state index >= 15 is 0 Å². The van der Waals surface area contributed by atoms with E-state index in [-0.39, 0.29) is 17.4 Å². The Hall–Kier alpha value is -2.41. The smallest absolute Gasteiger partial charge is 0.283 e. The van der Waals surface area contributed by atoms with Gasteiger partial charge in [-0.1, -0.05) is 11.8 Å². The van der Waals surface area contributed by atoms with E-state index in [1.807, 2.05) is 0 Å². The van der Waals surface area contributed by atoms with Crippen LogP contribution in [0.3, 0.4) is 0 Å². The maximum atomic E-state index is 13.0. The summed E-state index contributed by atoms with van der Waals surface area (Å²) in [5.41, 5.74) is 1.52. The van der Waals surface area contributed by atoms with E-state index in [0.29, 0.717) is 28.4 Å². The lowest BCUT2D eigenvalue weighted by atomic mass is 10.1. The van der Waals surface area contributed by atoms with Gasteiger partial charge in [-0.15, -0.1) is 0 Å². The van der Waals surface area contributed by atoms with E-state index in [9.17, 15) is 19.3 Å². The van der Waals surface area contributed by atoms with Gasteiger partial charge in [-0.2, -0.15) is 0 Å². The molecular weight excluding hydrogens is 319 g/mol. The molecule has 5 nitrogen and oxygen atoms in total. The molecule has 0 N–H and O–H groups in total. The number of hydrogen-bond acceptors (Lipinski definition) is 4. The molecule has 1 aliphatic rings. The number of carbonyl (C=O) groups excluding carboxylic acids is 1. The summed E-state index contributed by atoms with van der Waals surface area (Å²) < 4.78 is 13.0. The summed E-state index contributed by atoms with van der Waals surface area (Å²) in [7, 11) is 0. The summed E-state index contributed by atoms with van der Waals surface area (Å²) in [4.78, 5) is 25.3.